The summed E-state index contributed by atoms with van der Waals surface area (Å²) >= 11 is 0. The minimum atomic E-state index is 0.455. The summed E-state index contributed by atoms with van der Waals surface area (Å²) in [6, 6.07) is 7.94. The van der Waals surface area contributed by atoms with Crippen LogP contribution in [0.2, 0.25) is 0 Å². The predicted molar refractivity (Wildman–Crippen MR) is 83.5 cm³/mol. The van der Waals surface area contributed by atoms with Gasteiger partial charge in [-0.25, -0.2) is 0 Å². The second-order valence-corrected chi connectivity index (χ2v) is 6.42. The van der Waals surface area contributed by atoms with Gasteiger partial charge in [0.25, 0.3) is 0 Å². The third-order valence-electron chi connectivity index (χ3n) is 4.90. The van der Waals surface area contributed by atoms with Crippen molar-refractivity contribution in [2.75, 3.05) is 0 Å². The number of nitrogens with one attached hydrogen (secondary N) is 1. The molecule has 1 aliphatic rings. The van der Waals surface area contributed by atoms with E-state index < -0.39 is 0 Å². The summed E-state index contributed by atoms with van der Waals surface area (Å²) in [7, 11) is 0. The van der Waals surface area contributed by atoms with Gasteiger partial charge in [0.1, 0.15) is 0 Å². The van der Waals surface area contributed by atoms with Crippen molar-refractivity contribution in [1.29, 1.82) is 0 Å². The summed E-state index contributed by atoms with van der Waals surface area (Å²) in [4.78, 5) is 0. The molecule has 0 heterocycles. The van der Waals surface area contributed by atoms with E-state index in [1.165, 1.54) is 48.8 Å². The van der Waals surface area contributed by atoms with Gasteiger partial charge in [0, 0.05) is 12.1 Å². The topological polar surface area (TPSA) is 12.0 Å². The molecular formula is C18H29N. The molecule has 1 aliphatic carbocycles. The quantitative estimate of drug-likeness (QED) is 0.809. The van der Waals surface area contributed by atoms with Crippen LogP contribution in [0.5, 0.6) is 0 Å². The van der Waals surface area contributed by atoms with Crippen LogP contribution in [-0.2, 0) is 0 Å². The van der Waals surface area contributed by atoms with Gasteiger partial charge in [-0.05, 0) is 63.1 Å². The fourth-order valence-electron chi connectivity index (χ4n) is 3.29. The van der Waals surface area contributed by atoms with Crippen LogP contribution in [0.4, 0.5) is 0 Å². The number of aryl methyl sites for hydroxylation is 2. The Balaban J connectivity index is 1.95. The lowest BCUT2D eigenvalue weighted by molar-refractivity contribution is 0.268. The van der Waals surface area contributed by atoms with Crippen molar-refractivity contribution in [3.63, 3.8) is 0 Å². The second-order valence-electron chi connectivity index (χ2n) is 6.42. The van der Waals surface area contributed by atoms with Crippen molar-refractivity contribution in [2.24, 2.45) is 5.92 Å². The molecule has 1 aromatic rings. The molecule has 106 valence electrons. The summed E-state index contributed by atoms with van der Waals surface area (Å²) in [5, 5.41) is 3.81. The zero-order valence-electron chi connectivity index (χ0n) is 13.0. The lowest BCUT2D eigenvalue weighted by Gasteiger charge is -2.31. The highest BCUT2D eigenvalue weighted by molar-refractivity contribution is 5.31. The van der Waals surface area contributed by atoms with Gasteiger partial charge >= 0.3 is 0 Å². The Labute approximate surface area is 118 Å². The van der Waals surface area contributed by atoms with Crippen LogP contribution < -0.4 is 5.32 Å². The second kappa shape index (κ2) is 6.56. The Bertz CT molecular complexity index is 404. The van der Waals surface area contributed by atoms with Gasteiger partial charge in [-0.2, -0.15) is 0 Å². The molecule has 1 aromatic carbocycles. The molecule has 0 spiro atoms. The van der Waals surface area contributed by atoms with Gasteiger partial charge in [-0.3, -0.25) is 0 Å². The first kappa shape index (κ1) is 14.6. The van der Waals surface area contributed by atoms with E-state index in [0.717, 1.165) is 5.92 Å². The first-order chi connectivity index (χ1) is 9.08. The molecule has 0 radical (unpaired) electrons. The molecule has 0 saturated heterocycles. The molecule has 19 heavy (non-hydrogen) atoms. The Morgan fingerprint density at radius 3 is 2.32 bits per heavy atom. The summed E-state index contributed by atoms with van der Waals surface area (Å²) in [5.41, 5.74) is 4.21. The van der Waals surface area contributed by atoms with E-state index in [0.29, 0.717) is 12.1 Å². The summed E-state index contributed by atoms with van der Waals surface area (Å²) in [5.74, 6) is 0.878. The van der Waals surface area contributed by atoms with Gasteiger partial charge in [0.2, 0.25) is 0 Å². The molecule has 2 unspecified atom stereocenters. The normalized spacial score (nSPS) is 20.2. The van der Waals surface area contributed by atoms with Crippen molar-refractivity contribution in [2.45, 2.75) is 71.9 Å². The van der Waals surface area contributed by atoms with Crippen LogP contribution in [0.3, 0.4) is 0 Å². The Morgan fingerprint density at radius 1 is 1.00 bits per heavy atom. The smallest absolute Gasteiger partial charge is 0.0294 e. The van der Waals surface area contributed by atoms with Crippen LogP contribution in [0, 0.1) is 19.8 Å². The third kappa shape index (κ3) is 3.82. The molecule has 0 aromatic heterocycles. The van der Waals surface area contributed by atoms with E-state index in [9.17, 15) is 0 Å². The Kier molecular flexibility index (Phi) is 5.04. The zero-order chi connectivity index (χ0) is 13.8. The molecule has 1 N–H and O–H groups in total. The average molecular weight is 259 g/mol. The van der Waals surface area contributed by atoms with Crippen LogP contribution >= 0.6 is 0 Å². The number of benzene rings is 1. The van der Waals surface area contributed by atoms with Crippen molar-refractivity contribution in [1.82, 2.24) is 5.32 Å². The molecule has 2 rings (SSSR count). The van der Waals surface area contributed by atoms with Crippen LogP contribution in [0.25, 0.3) is 0 Å². The molecule has 0 aliphatic heterocycles. The fourth-order valence-corrected chi connectivity index (χ4v) is 3.29. The van der Waals surface area contributed by atoms with Crippen LogP contribution in [0.15, 0.2) is 18.2 Å². The molecule has 1 nitrogen and oxygen atoms in total. The van der Waals surface area contributed by atoms with Gasteiger partial charge < -0.3 is 5.32 Å². The molecule has 1 saturated carbocycles. The van der Waals surface area contributed by atoms with Gasteiger partial charge in [0.15, 0.2) is 0 Å². The van der Waals surface area contributed by atoms with Crippen molar-refractivity contribution in [3.05, 3.63) is 34.9 Å². The number of rotatable bonds is 4. The summed E-state index contributed by atoms with van der Waals surface area (Å²) in [6.07, 6.45) is 7.11. The largest absolute Gasteiger partial charge is 0.307 e. The van der Waals surface area contributed by atoms with Gasteiger partial charge in [0.05, 0.1) is 0 Å². The number of hydrogen-bond donors (Lipinski definition) is 1. The highest BCUT2D eigenvalue weighted by Crippen LogP contribution is 2.28. The van der Waals surface area contributed by atoms with Gasteiger partial charge in [-0.15, -0.1) is 0 Å². The first-order valence-corrected chi connectivity index (χ1v) is 7.91. The van der Waals surface area contributed by atoms with E-state index in [2.05, 4.69) is 51.2 Å². The molecule has 0 bridgehead atoms. The van der Waals surface area contributed by atoms with E-state index in [1.807, 2.05) is 0 Å². The Morgan fingerprint density at radius 2 is 1.68 bits per heavy atom. The fraction of sp³-hybridized carbons (Fsp3) is 0.667. The Hall–Kier alpha value is -0.820. The lowest BCUT2D eigenvalue weighted by atomic mass is 9.84. The monoisotopic (exact) mass is 259 g/mol. The van der Waals surface area contributed by atoms with Crippen LogP contribution in [-0.4, -0.2) is 6.04 Å². The van der Waals surface area contributed by atoms with E-state index in [4.69, 9.17) is 0 Å². The standard InChI is InChI=1S/C18H29N/c1-13-10-11-18(12-14(13)2)16(4)19-15(3)17-8-6-5-7-9-17/h10-12,15-17,19H,5-9H2,1-4H3. The van der Waals surface area contributed by atoms with Crippen molar-refractivity contribution < 1.29 is 0 Å². The van der Waals surface area contributed by atoms with E-state index in [-0.39, 0.29) is 0 Å². The highest BCUT2D eigenvalue weighted by Gasteiger charge is 2.21. The molecule has 2 atom stereocenters. The van der Waals surface area contributed by atoms with E-state index in [1.54, 1.807) is 0 Å². The van der Waals surface area contributed by atoms with Crippen molar-refractivity contribution in [3.8, 4) is 0 Å². The third-order valence-corrected chi connectivity index (χ3v) is 4.90. The maximum atomic E-state index is 3.81. The minimum Gasteiger partial charge on any atom is -0.307 e. The number of hydrogen-bond acceptors (Lipinski definition) is 1. The SMILES string of the molecule is Cc1ccc(C(C)NC(C)C2CCCCC2)cc1C. The predicted octanol–water partition coefficient (Wildman–Crippen LogP) is 4.92. The lowest BCUT2D eigenvalue weighted by Crippen LogP contribution is -2.36. The van der Waals surface area contributed by atoms with Crippen molar-refractivity contribution >= 4 is 0 Å². The highest BCUT2D eigenvalue weighted by atomic mass is 14.9. The molecule has 1 fully saturated rings. The zero-order valence-corrected chi connectivity index (χ0v) is 13.0. The minimum absolute atomic E-state index is 0.455. The van der Waals surface area contributed by atoms with E-state index >= 15 is 0 Å². The summed E-state index contributed by atoms with van der Waals surface area (Å²) < 4.78 is 0. The summed E-state index contributed by atoms with van der Waals surface area (Å²) in [6.45, 7) is 9.05. The van der Waals surface area contributed by atoms with Gasteiger partial charge in [-0.1, -0.05) is 37.5 Å². The maximum absolute atomic E-state index is 3.81. The van der Waals surface area contributed by atoms with Crippen LogP contribution in [0.1, 0.15) is 68.7 Å². The molecule has 1 heteroatoms. The average Bonchev–Trinajstić information content (AvgIpc) is 2.42. The first-order valence-electron chi connectivity index (χ1n) is 7.91. The molecular weight excluding hydrogens is 230 g/mol. The molecule has 0 amide bonds. The maximum Gasteiger partial charge on any atom is 0.0294 e.